The first-order chi connectivity index (χ1) is 7.01. The first kappa shape index (κ1) is 12.4. The molecule has 5 nitrogen and oxygen atoms in total. The van der Waals surface area contributed by atoms with Gasteiger partial charge in [-0.25, -0.2) is 0 Å². The summed E-state index contributed by atoms with van der Waals surface area (Å²) in [6.45, 7) is 1.86. The fourth-order valence-corrected chi connectivity index (χ4v) is 2.29. The van der Waals surface area contributed by atoms with Crippen LogP contribution >= 0.6 is 0 Å². The van der Waals surface area contributed by atoms with Gasteiger partial charge in [0.15, 0.2) is 6.10 Å². The predicted molar refractivity (Wildman–Crippen MR) is 55.5 cm³/mol. The van der Waals surface area contributed by atoms with Crippen LogP contribution in [0.25, 0.3) is 0 Å². The second kappa shape index (κ2) is 5.45. The Bertz CT molecular complexity index is 328. The summed E-state index contributed by atoms with van der Waals surface area (Å²) in [5, 5.41) is 12.0. The molecule has 0 radical (unpaired) electrons. The molecular formula is C9H16N2O3S. The van der Waals surface area contributed by atoms with E-state index >= 15 is 0 Å². The Labute approximate surface area is 90.5 Å². The Morgan fingerprint density at radius 1 is 1.53 bits per heavy atom. The van der Waals surface area contributed by atoms with Crippen LogP contribution in [0.3, 0.4) is 0 Å². The van der Waals surface area contributed by atoms with Crippen molar-refractivity contribution in [2.45, 2.75) is 25.4 Å². The monoisotopic (exact) mass is 232 g/mol. The molecule has 0 aromatic carbocycles. The molecule has 1 aliphatic rings. The van der Waals surface area contributed by atoms with Crippen LogP contribution in [-0.2, 0) is 14.3 Å². The minimum absolute atomic E-state index is 0.387. The van der Waals surface area contributed by atoms with Crippen LogP contribution in [0.1, 0.15) is 19.3 Å². The average molecular weight is 232 g/mol. The van der Waals surface area contributed by atoms with Gasteiger partial charge in [-0.3, -0.25) is 4.18 Å². The Hall–Kier alpha value is -0.640. The van der Waals surface area contributed by atoms with Gasteiger partial charge in [0.05, 0.1) is 12.3 Å². The lowest BCUT2D eigenvalue weighted by atomic mass is 9.92. The van der Waals surface area contributed by atoms with E-state index in [9.17, 15) is 8.42 Å². The fraction of sp³-hybridized carbons (Fsp3) is 0.889. The zero-order valence-electron chi connectivity index (χ0n) is 8.77. The molecule has 1 unspecified atom stereocenters. The summed E-state index contributed by atoms with van der Waals surface area (Å²) in [4.78, 5) is 0. The SMILES string of the molecule is CS(=O)(=O)OC(C#N)CC1CCNCC1. The Morgan fingerprint density at radius 2 is 2.13 bits per heavy atom. The zero-order chi connectivity index (χ0) is 11.3. The van der Waals surface area contributed by atoms with Crippen molar-refractivity contribution in [1.29, 1.82) is 5.26 Å². The van der Waals surface area contributed by atoms with E-state index in [-0.39, 0.29) is 0 Å². The van der Waals surface area contributed by atoms with Gasteiger partial charge >= 0.3 is 0 Å². The lowest BCUT2D eigenvalue weighted by Gasteiger charge is -2.23. The molecule has 1 aliphatic heterocycles. The van der Waals surface area contributed by atoms with Gasteiger partial charge in [0.25, 0.3) is 10.1 Å². The summed E-state index contributed by atoms with van der Waals surface area (Å²) in [6, 6.07) is 1.88. The van der Waals surface area contributed by atoms with Crippen LogP contribution in [0.4, 0.5) is 0 Å². The van der Waals surface area contributed by atoms with Crippen molar-refractivity contribution in [1.82, 2.24) is 5.32 Å². The van der Waals surface area contributed by atoms with E-state index in [4.69, 9.17) is 5.26 Å². The second-order valence-electron chi connectivity index (χ2n) is 3.85. The third-order valence-electron chi connectivity index (χ3n) is 2.44. The molecule has 1 atom stereocenters. The largest absolute Gasteiger partial charge is 0.317 e. The zero-order valence-corrected chi connectivity index (χ0v) is 9.59. The van der Waals surface area contributed by atoms with Gasteiger partial charge in [0, 0.05) is 0 Å². The highest BCUT2D eigenvalue weighted by Gasteiger charge is 2.21. The first-order valence-corrected chi connectivity index (χ1v) is 6.81. The molecule has 0 saturated carbocycles. The molecule has 1 saturated heterocycles. The number of hydrogen-bond donors (Lipinski definition) is 1. The van der Waals surface area contributed by atoms with Gasteiger partial charge in [0.2, 0.25) is 0 Å². The number of rotatable bonds is 4. The van der Waals surface area contributed by atoms with Crippen LogP contribution in [-0.4, -0.2) is 33.9 Å². The Morgan fingerprint density at radius 3 is 2.60 bits per heavy atom. The molecule has 0 aromatic heterocycles. The van der Waals surface area contributed by atoms with E-state index in [0.717, 1.165) is 32.2 Å². The quantitative estimate of drug-likeness (QED) is 0.703. The summed E-state index contributed by atoms with van der Waals surface area (Å²) < 4.78 is 26.4. The average Bonchev–Trinajstić information content (AvgIpc) is 2.16. The van der Waals surface area contributed by atoms with Crippen molar-refractivity contribution < 1.29 is 12.6 Å². The smallest absolute Gasteiger partial charge is 0.265 e. The lowest BCUT2D eigenvalue weighted by molar-refractivity contribution is 0.207. The molecule has 0 bridgehead atoms. The van der Waals surface area contributed by atoms with Gasteiger partial charge in [-0.1, -0.05) is 0 Å². The maximum Gasteiger partial charge on any atom is 0.265 e. The summed E-state index contributed by atoms with van der Waals surface area (Å²) in [5.74, 6) is 0.387. The minimum Gasteiger partial charge on any atom is -0.317 e. The van der Waals surface area contributed by atoms with Crippen molar-refractivity contribution in [2.75, 3.05) is 19.3 Å². The maximum atomic E-state index is 10.9. The molecule has 6 heteroatoms. The highest BCUT2D eigenvalue weighted by molar-refractivity contribution is 7.86. The maximum absolute atomic E-state index is 10.9. The predicted octanol–water partition coefficient (Wildman–Crippen LogP) is 0.244. The Balaban J connectivity index is 2.43. The minimum atomic E-state index is -3.52. The van der Waals surface area contributed by atoms with Crippen LogP contribution in [0.5, 0.6) is 0 Å². The standard InChI is InChI=1S/C9H16N2O3S/c1-15(12,13)14-9(7-10)6-8-2-4-11-5-3-8/h8-9,11H,2-6H2,1H3. The summed E-state index contributed by atoms with van der Waals surface area (Å²) in [6.07, 6.45) is 2.60. The van der Waals surface area contributed by atoms with E-state index in [1.807, 2.05) is 6.07 Å². The first-order valence-electron chi connectivity index (χ1n) is 5.00. The number of nitriles is 1. The fourth-order valence-electron chi connectivity index (χ4n) is 1.74. The van der Waals surface area contributed by atoms with Crippen LogP contribution in [0, 0.1) is 17.2 Å². The highest BCUT2D eigenvalue weighted by atomic mass is 32.2. The van der Waals surface area contributed by atoms with Crippen LogP contribution in [0.15, 0.2) is 0 Å². The molecule has 0 aromatic rings. The Kier molecular flexibility index (Phi) is 4.51. The molecule has 1 fully saturated rings. The van der Waals surface area contributed by atoms with Crippen molar-refractivity contribution in [3.63, 3.8) is 0 Å². The van der Waals surface area contributed by atoms with Crippen molar-refractivity contribution in [3.8, 4) is 6.07 Å². The highest BCUT2D eigenvalue weighted by Crippen LogP contribution is 2.19. The van der Waals surface area contributed by atoms with Gasteiger partial charge in [-0.15, -0.1) is 0 Å². The van der Waals surface area contributed by atoms with E-state index in [2.05, 4.69) is 9.50 Å². The normalized spacial score (nSPS) is 20.8. The molecule has 1 rings (SSSR count). The molecule has 1 heterocycles. The van der Waals surface area contributed by atoms with Crippen molar-refractivity contribution >= 4 is 10.1 Å². The van der Waals surface area contributed by atoms with E-state index in [0.29, 0.717) is 12.3 Å². The third kappa shape index (κ3) is 5.11. The topological polar surface area (TPSA) is 79.2 Å². The molecule has 0 aliphatic carbocycles. The molecular weight excluding hydrogens is 216 g/mol. The van der Waals surface area contributed by atoms with Gasteiger partial charge in [-0.2, -0.15) is 13.7 Å². The van der Waals surface area contributed by atoms with Crippen molar-refractivity contribution in [3.05, 3.63) is 0 Å². The second-order valence-corrected chi connectivity index (χ2v) is 5.45. The number of nitrogens with zero attached hydrogens (tertiary/aromatic N) is 1. The van der Waals surface area contributed by atoms with E-state index in [1.165, 1.54) is 0 Å². The van der Waals surface area contributed by atoms with Gasteiger partial charge in [-0.05, 0) is 38.3 Å². The van der Waals surface area contributed by atoms with Crippen LogP contribution in [0.2, 0.25) is 0 Å². The number of hydrogen-bond acceptors (Lipinski definition) is 5. The molecule has 0 spiro atoms. The van der Waals surface area contributed by atoms with E-state index < -0.39 is 16.2 Å². The van der Waals surface area contributed by atoms with Gasteiger partial charge < -0.3 is 5.32 Å². The summed E-state index contributed by atoms with van der Waals surface area (Å²) in [5.41, 5.74) is 0. The number of piperidine rings is 1. The van der Waals surface area contributed by atoms with E-state index in [1.54, 1.807) is 0 Å². The summed E-state index contributed by atoms with van der Waals surface area (Å²) in [7, 11) is -3.52. The summed E-state index contributed by atoms with van der Waals surface area (Å²) >= 11 is 0. The molecule has 0 amide bonds. The van der Waals surface area contributed by atoms with Crippen LogP contribution < -0.4 is 5.32 Å². The lowest BCUT2D eigenvalue weighted by Crippen LogP contribution is -2.30. The number of nitrogens with one attached hydrogen (secondary N) is 1. The van der Waals surface area contributed by atoms with Gasteiger partial charge in [0.1, 0.15) is 0 Å². The van der Waals surface area contributed by atoms with Crippen molar-refractivity contribution in [2.24, 2.45) is 5.92 Å². The molecule has 15 heavy (non-hydrogen) atoms. The molecule has 86 valence electrons. The molecule has 1 N–H and O–H groups in total. The third-order valence-corrected chi connectivity index (χ3v) is 3.02.